The molecule has 19 heavy (non-hydrogen) atoms. The molecule has 2 rings (SSSR count). The molecule has 1 amide bonds. The third kappa shape index (κ3) is 3.68. The lowest BCUT2D eigenvalue weighted by Crippen LogP contribution is -2.29. The van der Waals surface area contributed by atoms with Gasteiger partial charge in [0.1, 0.15) is 0 Å². The Kier molecular flexibility index (Phi) is 4.73. The molecule has 0 aromatic heterocycles. The standard InChI is InChI=1S/C17H19NO/c1-2-9-17(19)18(16-12-7-4-8-13-16)14-15-10-5-3-6-11-15/h3-8,10-13H,2,9,14H2,1H3. The van der Waals surface area contributed by atoms with Crippen molar-refractivity contribution in [3.8, 4) is 0 Å². The largest absolute Gasteiger partial charge is 0.308 e. The van der Waals surface area contributed by atoms with E-state index >= 15 is 0 Å². The normalized spacial score (nSPS) is 10.2. The lowest BCUT2D eigenvalue weighted by Gasteiger charge is -2.23. The number of hydrogen-bond donors (Lipinski definition) is 0. The van der Waals surface area contributed by atoms with Crippen molar-refractivity contribution >= 4 is 11.6 Å². The van der Waals surface area contributed by atoms with Gasteiger partial charge in [0.25, 0.3) is 0 Å². The minimum Gasteiger partial charge on any atom is -0.308 e. The van der Waals surface area contributed by atoms with Crippen molar-refractivity contribution in [3.63, 3.8) is 0 Å². The number of nitrogens with zero attached hydrogens (tertiary/aromatic N) is 1. The Hall–Kier alpha value is -2.09. The zero-order valence-corrected chi connectivity index (χ0v) is 11.3. The summed E-state index contributed by atoms with van der Waals surface area (Å²) < 4.78 is 0. The van der Waals surface area contributed by atoms with Crippen molar-refractivity contribution in [1.82, 2.24) is 0 Å². The van der Waals surface area contributed by atoms with E-state index in [9.17, 15) is 4.79 Å². The van der Waals surface area contributed by atoms with E-state index in [0.717, 1.165) is 17.7 Å². The fraction of sp³-hybridized carbons (Fsp3) is 0.235. The van der Waals surface area contributed by atoms with Gasteiger partial charge in [0.05, 0.1) is 6.54 Å². The molecular weight excluding hydrogens is 234 g/mol. The van der Waals surface area contributed by atoms with Gasteiger partial charge in [-0.15, -0.1) is 0 Å². The summed E-state index contributed by atoms with van der Waals surface area (Å²) in [6.07, 6.45) is 1.46. The van der Waals surface area contributed by atoms with E-state index in [1.807, 2.05) is 60.4 Å². The van der Waals surface area contributed by atoms with Gasteiger partial charge in [-0.25, -0.2) is 0 Å². The Balaban J connectivity index is 2.22. The number of benzene rings is 2. The second-order valence-electron chi connectivity index (χ2n) is 4.55. The number of rotatable bonds is 5. The van der Waals surface area contributed by atoms with Crippen molar-refractivity contribution in [2.45, 2.75) is 26.3 Å². The summed E-state index contributed by atoms with van der Waals surface area (Å²) in [6, 6.07) is 20.0. The van der Waals surface area contributed by atoms with Crippen molar-refractivity contribution in [3.05, 3.63) is 66.2 Å². The quantitative estimate of drug-likeness (QED) is 0.788. The Morgan fingerprint density at radius 3 is 2.11 bits per heavy atom. The second-order valence-corrected chi connectivity index (χ2v) is 4.55. The molecule has 2 aromatic rings. The molecule has 0 heterocycles. The number of carbonyl (C=O) groups is 1. The smallest absolute Gasteiger partial charge is 0.227 e. The van der Waals surface area contributed by atoms with Crippen LogP contribution in [0.25, 0.3) is 0 Å². The predicted molar refractivity (Wildman–Crippen MR) is 79.0 cm³/mol. The van der Waals surface area contributed by atoms with Crippen LogP contribution < -0.4 is 4.90 Å². The monoisotopic (exact) mass is 253 g/mol. The van der Waals surface area contributed by atoms with Gasteiger partial charge in [0.2, 0.25) is 5.91 Å². The summed E-state index contributed by atoms with van der Waals surface area (Å²) in [5, 5.41) is 0. The number of carbonyl (C=O) groups excluding carboxylic acids is 1. The van der Waals surface area contributed by atoms with Gasteiger partial charge >= 0.3 is 0 Å². The van der Waals surface area contributed by atoms with Crippen LogP contribution in [0.2, 0.25) is 0 Å². The van der Waals surface area contributed by atoms with E-state index in [1.165, 1.54) is 0 Å². The molecule has 0 aliphatic rings. The van der Waals surface area contributed by atoms with Crippen molar-refractivity contribution in [2.24, 2.45) is 0 Å². The molecule has 0 saturated heterocycles. The summed E-state index contributed by atoms with van der Waals surface area (Å²) in [5.41, 5.74) is 2.11. The molecule has 0 aliphatic carbocycles. The fourth-order valence-electron chi connectivity index (χ4n) is 2.05. The molecule has 0 fully saturated rings. The van der Waals surface area contributed by atoms with E-state index in [-0.39, 0.29) is 5.91 Å². The van der Waals surface area contributed by atoms with Gasteiger partial charge in [-0.3, -0.25) is 4.79 Å². The van der Waals surface area contributed by atoms with Crippen LogP contribution >= 0.6 is 0 Å². The Morgan fingerprint density at radius 2 is 1.53 bits per heavy atom. The molecule has 0 N–H and O–H groups in total. The molecule has 0 bridgehead atoms. The van der Waals surface area contributed by atoms with Crippen LogP contribution in [0, 0.1) is 0 Å². The maximum atomic E-state index is 12.3. The van der Waals surface area contributed by atoms with Crippen LogP contribution in [-0.4, -0.2) is 5.91 Å². The van der Waals surface area contributed by atoms with Gasteiger partial charge in [0.15, 0.2) is 0 Å². The highest BCUT2D eigenvalue weighted by Gasteiger charge is 2.14. The molecule has 2 aromatic carbocycles. The minimum atomic E-state index is 0.178. The first kappa shape index (κ1) is 13.3. The molecule has 0 radical (unpaired) electrons. The van der Waals surface area contributed by atoms with Gasteiger partial charge in [-0.2, -0.15) is 0 Å². The number of amides is 1. The fourth-order valence-corrected chi connectivity index (χ4v) is 2.05. The molecule has 0 unspecified atom stereocenters. The van der Waals surface area contributed by atoms with Crippen LogP contribution in [0.1, 0.15) is 25.3 Å². The van der Waals surface area contributed by atoms with Crippen LogP contribution in [0.4, 0.5) is 5.69 Å². The highest BCUT2D eigenvalue weighted by Crippen LogP contribution is 2.18. The molecule has 2 heteroatoms. The van der Waals surface area contributed by atoms with Gasteiger partial charge in [-0.1, -0.05) is 55.5 Å². The van der Waals surface area contributed by atoms with Gasteiger partial charge in [-0.05, 0) is 24.1 Å². The zero-order chi connectivity index (χ0) is 13.5. The lowest BCUT2D eigenvalue weighted by molar-refractivity contribution is -0.118. The lowest BCUT2D eigenvalue weighted by atomic mass is 10.1. The number of para-hydroxylation sites is 1. The van der Waals surface area contributed by atoms with Crippen molar-refractivity contribution in [1.29, 1.82) is 0 Å². The third-order valence-corrected chi connectivity index (χ3v) is 3.02. The zero-order valence-electron chi connectivity index (χ0n) is 11.3. The maximum Gasteiger partial charge on any atom is 0.227 e. The SMILES string of the molecule is CCCC(=O)N(Cc1ccccc1)c1ccccc1. The summed E-state index contributed by atoms with van der Waals surface area (Å²) in [7, 11) is 0. The van der Waals surface area contributed by atoms with Gasteiger partial charge in [0, 0.05) is 12.1 Å². The Labute approximate surface area is 114 Å². The predicted octanol–water partition coefficient (Wildman–Crippen LogP) is 4.02. The van der Waals surface area contributed by atoms with Crippen LogP contribution in [0.15, 0.2) is 60.7 Å². The van der Waals surface area contributed by atoms with E-state index in [0.29, 0.717) is 13.0 Å². The third-order valence-electron chi connectivity index (χ3n) is 3.02. The molecule has 0 aliphatic heterocycles. The van der Waals surface area contributed by atoms with E-state index in [2.05, 4.69) is 12.1 Å². The molecule has 0 saturated carbocycles. The highest BCUT2D eigenvalue weighted by molar-refractivity contribution is 5.93. The Morgan fingerprint density at radius 1 is 0.947 bits per heavy atom. The molecule has 0 spiro atoms. The van der Waals surface area contributed by atoms with Crippen molar-refractivity contribution < 1.29 is 4.79 Å². The molecule has 0 atom stereocenters. The van der Waals surface area contributed by atoms with E-state index in [1.54, 1.807) is 0 Å². The summed E-state index contributed by atoms with van der Waals surface area (Å²) in [4.78, 5) is 14.1. The number of anilines is 1. The molecular formula is C17H19NO. The average molecular weight is 253 g/mol. The topological polar surface area (TPSA) is 20.3 Å². The first-order valence-electron chi connectivity index (χ1n) is 6.70. The van der Waals surface area contributed by atoms with E-state index < -0.39 is 0 Å². The first-order valence-corrected chi connectivity index (χ1v) is 6.70. The maximum absolute atomic E-state index is 12.3. The number of hydrogen-bond acceptors (Lipinski definition) is 1. The van der Waals surface area contributed by atoms with Crippen LogP contribution in [-0.2, 0) is 11.3 Å². The van der Waals surface area contributed by atoms with E-state index in [4.69, 9.17) is 0 Å². The summed E-state index contributed by atoms with van der Waals surface area (Å²) >= 11 is 0. The molecule has 98 valence electrons. The van der Waals surface area contributed by atoms with Gasteiger partial charge < -0.3 is 4.90 Å². The second kappa shape index (κ2) is 6.74. The Bertz CT molecular complexity index is 507. The van der Waals surface area contributed by atoms with Crippen LogP contribution in [0.3, 0.4) is 0 Å². The van der Waals surface area contributed by atoms with Crippen molar-refractivity contribution in [2.75, 3.05) is 4.90 Å². The summed E-state index contributed by atoms with van der Waals surface area (Å²) in [6.45, 7) is 2.66. The average Bonchev–Trinajstić information content (AvgIpc) is 2.47. The molecule has 2 nitrogen and oxygen atoms in total. The first-order chi connectivity index (χ1) is 9.31. The highest BCUT2D eigenvalue weighted by atomic mass is 16.2. The van der Waals surface area contributed by atoms with Crippen LogP contribution in [0.5, 0.6) is 0 Å². The minimum absolute atomic E-state index is 0.178. The summed E-state index contributed by atoms with van der Waals surface area (Å²) in [5.74, 6) is 0.178.